The first kappa shape index (κ1) is 17.5. The Morgan fingerprint density at radius 2 is 1.58 bits per heavy atom. The number of amides is 3. The summed E-state index contributed by atoms with van der Waals surface area (Å²) >= 11 is 0. The van der Waals surface area contributed by atoms with Gasteiger partial charge in [-0.25, -0.2) is 5.01 Å². The van der Waals surface area contributed by atoms with E-state index in [4.69, 9.17) is 0 Å². The summed E-state index contributed by atoms with van der Waals surface area (Å²) in [6.07, 6.45) is -4.91. The Hall–Kier alpha value is -3.36. The smallest absolute Gasteiger partial charge is 0.406 e. The number of hydrogen-bond acceptors (Lipinski definition) is 4. The second-order valence-electron chi connectivity index (χ2n) is 5.37. The van der Waals surface area contributed by atoms with E-state index in [1.54, 1.807) is 12.1 Å². The number of carbonyl (C=O) groups is 3. The van der Waals surface area contributed by atoms with Crippen LogP contribution in [0.3, 0.4) is 0 Å². The summed E-state index contributed by atoms with van der Waals surface area (Å²) in [5.41, 5.74) is 0.114. The molecule has 0 aromatic heterocycles. The highest BCUT2D eigenvalue weighted by Crippen LogP contribution is 2.26. The molecule has 2 aromatic rings. The highest BCUT2D eigenvalue weighted by Gasteiger charge is 2.40. The van der Waals surface area contributed by atoms with E-state index in [1.165, 1.54) is 31.3 Å². The maximum absolute atomic E-state index is 12.5. The third kappa shape index (κ3) is 3.10. The molecule has 0 bridgehead atoms. The molecule has 0 aliphatic carbocycles. The molecule has 0 fully saturated rings. The molecule has 3 amide bonds. The summed E-state index contributed by atoms with van der Waals surface area (Å²) in [5.74, 6) is -2.81. The van der Waals surface area contributed by atoms with Crippen molar-refractivity contribution in [2.24, 2.45) is 0 Å². The first-order chi connectivity index (χ1) is 12.2. The van der Waals surface area contributed by atoms with Crippen molar-refractivity contribution in [2.75, 3.05) is 7.05 Å². The largest absolute Gasteiger partial charge is 0.573 e. The molecule has 0 N–H and O–H groups in total. The van der Waals surface area contributed by atoms with Gasteiger partial charge in [0.2, 0.25) is 0 Å². The zero-order valence-corrected chi connectivity index (χ0v) is 13.3. The fourth-order valence-electron chi connectivity index (χ4n) is 2.55. The van der Waals surface area contributed by atoms with Gasteiger partial charge in [0.25, 0.3) is 17.7 Å². The molecule has 0 radical (unpaired) electrons. The van der Waals surface area contributed by atoms with Crippen molar-refractivity contribution in [3.8, 4) is 5.75 Å². The lowest BCUT2D eigenvalue weighted by molar-refractivity contribution is -0.274. The molecule has 1 aliphatic heterocycles. The number of ether oxygens (including phenoxy) is 1. The lowest BCUT2D eigenvalue weighted by Crippen LogP contribution is -2.47. The quantitative estimate of drug-likeness (QED) is 0.786. The maximum atomic E-state index is 12.5. The first-order valence-corrected chi connectivity index (χ1v) is 7.30. The highest BCUT2D eigenvalue weighted by molar-refractivity contribution is 6.22. The van der Waals surface area contributed by atoms with E-state index in [0.29, 0.717) is 5.01 Å². The fourth-order valence-corrected chi connectivity index (χ4v) is 2.55. The Morgan fingerprint density at radius 3 is 2.12 bits per heavy atom. The van der Waals surface area contributed by atoms with Crippen LogP contribution in [0.2, 0.25) is 0 Å². The molecule has 9 heteroatoms. The zero-order chi connectivity index (χ0) is 19.1. The number of benzene rings is 2. The zero-order valence-electron chi connectivity index (χ0n) is 13.3. The van der Waals surface area contributed by atoms with Gasteiger partial charge in [-0.2, -0.15) is 5.01 Å². The molecule has 1 heterocycles. The van der Waals surface area contributed by atoms with E-state index in [-0.39, 0.29) is 16.7 Å². The molecular formula is C17H11F3N2O4. The molecular weight excluding hydrogens is 353 g/mol. The van der Waals surface area contributed by atoms with E-state index in [9.17, 15) is 27.6 Å². The summed E-state index contributed by atoms with van der Waals surface area (Å²) in [6, 6.07) is 10.4. The number of halogens is 3. The minimum Gasteiger partial charge on any atom is -0.406 e. The Labute approximate surface area is 145 Å². The number of fused-ring (bicyclic) bond motifs is 1. The van der Waals surface area contributed by atoms with Crippen molar-refractivity contribution in [3.63, 3.8) is 0 Å². The molecule has 0 spiro atoms. The average Bonchev–Trinajstić information content (AvgIpc) is 2.84. The van der Waals surface area contributed by atoms with E-state index < -0.39 is 29.8 Å². The minimum atomic E-state index is -4.91. The van der Waals surface area contributed by atoms with Gasteiger partial charge in [0.05, 0.1) is 11.1 Å². The van der Waals surface area contributed by atoms with Gasteiger partial charge in [-0.3, -0.25) is 14.4 Å². The number of imide groups is 1. The number of alkyl halides is 3. The number of nitrogens with zero attached hydrogens (tertiary/aromatic N) is 2. The molecule has 0 saturated heterocycles. The third-order valence-corrected chi connectivity index (χ3v) is 3.68. The fraction of sp³-hybridized carbons (Fsp3) is 0.118. The third-order valence-electron chi connectivity index (χ3n) is 3.68. The first-order valence-electron chi connectivity index (χ1n) is 7.30. The van der Waals surface area contributed by atoms with Gasteiger partial charge < -0.3 is 4.74 Å². The molecule has 134 valence electrons. The van der Waals surface area contributed by atoms with Crippen molar-refractivity contribution in [2.45, 2.75) is 6.36 Å². The van der Waals surface area contributed by atoms with E-state index in [0.717, 1.165) is 17.1 Å². The van der Waals surface area contributed by atoms with Crippen LogP contribution in [0.5, 0.6) is 5.75 Å². The number of rotatable bonds is 3. The number of hydrogen-bond donors (Lipinski definition) is 0. The van der Waals surface area contributed by atoms with Crippen molar-refractivity contribution < 1.29 is 32.3 Å². The van der Waals surface area contributed by atoms with Crippen LogP contribution in [0.25, 0.3) is 0 Å². The average molecular weight is 364 g/mol. The van der Waals surface area contributed by atoms with Crippen LogP contribution < -0.4 is 4.74 Å². The lowest BCUT2D eigenvalue weighted by atomic mass is 10.1. The van der Waals surface area contributed by atoms with Gasteiger partial charge >= 0.3 is 6.36 Å². The second kappa shape index (κ2) is 6.17. The van der Waals surface area contributed by atoms with Crippen LogP contribution in [-0.2, 0) is 0 Å². The van der Waals surface area contributed by atoms with Gasteiger partial charge in [0.15, 0.2) is 0 Å². The van der Waals surface area contributed by atoms with Crippen LogP contribution in [0.1, 0.15) is 31.1 Å². The lowest BCUT2D eigenvalue weighted by Gasteiger charge is -2.26. The van der Waals surface area contributed by atoms with Crippen LogP contribution in [0.4, 0.5) is 13.2 Å². The van der Waals surface area contributed by atoms with E-state index >= 15 is 0 Å². The van der Waals surface area contributed by atoms with Crippen LogP contribution in [-0.4, -0.2) is 41.1 Å². The summed E-state index contributed by atoms with van der Waals surface area (Å²) in [6.45, 7) is 0. The van der Waals surface area contributed by atoms with Crippen LogP contribution in [0, 0.1) is 0 Å². The normalized spacial score (nSPS) is 13.6. The van der Waals surface area contributed by atoms with Gasteiger partial charge in [-0.15, -0.1) is 13.2 Å². The molecule has 1 aliphatic rings. The predicted octanol–water partition coefficient (Wildman–Crippen LogP) is 2.87. The minimum absolute atomic E-state index is 0.145. The van der Waals surface area contributed by atoms with Gasteiger partial charge in [0, 0.05) is 12.6 Å². The number of carbonyl (C=O) groups excluding carboxylic acids is 3. The molecule has 26 heavy (non-hydrogen) atoms. The predicted molar refractivity (Wildman–Crippen MR) is 82.2 cm³/mol. The van der Waals surface area contributed by atoms with Crippen molar-refractivity contribution >= 4 is 17.7 Å². The monoisotopic (exact) mass is 364 g/mol. The SMILES string of the molecule is CN(C(=O)c1cccc(OC(F)(F)F)c1)N1C(=O)c2ccccc2C1=O. The molecule has 0 saturated carbocycles. The molecule has 3 rings (SSSR count). The highest BCUT2D eigenvalue weighted by atomic mass is 19.4. The molecule has 0 atom stereocenters. The number of hydrazine groups is 1. The standard InChI is InChI=1S/C17H11F3N2O4/c1-21(22-15(24)12-7-2-3-8-13(12)16(22)25)14(23)10-5-4-6-11(9-10)26-17(18,19)20/h2-9H,1H3. The maximum Gasteiger partial charge on any atom is 0.573 e. The summed E-state index contributed by atoms with van der Waals surface area (Å²) < 4.78 is 40.7. The summed E-state index contributed by atoms with van der Waals surface area (Å²) in [4.78, 5) is 37.3. The topological polar surface area (TPSA) is 66.9 Å². The Bertz CT molecular complexity index is 876. The Kier molecular flexibility index (Phi) is 4.15. The van der Waals surface area contributed by atoms with Crippen molar-refractivity contribution in [3.05, 3.63) is 65.2 Å². The van der Waals surface area contributed by atoms with Crippen molar-refractivity contribution in [1.29, 1.82) is 0 Å². The van der Waals surface area contributed by atoms with Gasteiger partial charge in [-0.1, -0.05) is 18.2 Å². The van der Waals surface area contributed by atoms with E-state index in [2.05, 4.69) is 4.74 Å². The van der Waals surface area contributed by atoms with Crippen molar-refractivity contribution in [1.82, 2.24) is 10.0 Å². The van der Waals surface area contributed by atoms with E-state index in [1.807, 2.05) is 0 Å². The summed E-state index contributed by atoms with van der Waals surface area (Å²) in [5, 5.41) is 1.40. The Morgan fingerprint density at radius 1 is 1.00 bits per heavy atom. The van der Waals surface area contributed by atoms with Crippen LogP contribution >= 0.6 is 0 Å². The molecule has 6 nitrogen and oxygen atoms in total. The van der Waals surface area contributed by atoms with Gasteiger partial charge in [-0.05, 0) is 30.3 Å². The Balaban J connectivity index is 1.86. The second-order valence-corrected chi connectivity index (χ2v) is 5.37. The van der Waals surface area contributed by atoms with Gasteiger partial charge in [0.1, 0.15) is 5.75 Å². The molecule has 2 aromatic carbocycles. The summed E-state index contributed by atoms with van der Waals surface area (Å²) in [7, 11) is 1.18. The molecule has 0 unspecified atom stereocenters. The van der Waals surface area contributed by atoms with Crippen LogP contribution in [0.15, 0.2) is 48.5 Å².